The van der Waals surface area contributed by atoms with Crippen molar-refractivity contribution in [3.05, 3.63) is 0 Å². The predicted molar refractivity (Wildman–Crippen MR) is 276 cm³/mol. The Morgan fingerprint density at radius 1 is 0.350 bits per heavy atom. The van der Waals surface area contributed by atoms with Crippen LogP contribution >= 0.6 is 0 Å². The molecule has 0 saturated carbocycles. The zero-order chi connectivity index (χ0) is 58.5. The summed E-state index contributed by atoms with van der Waals surface area (Å²) >= 11 is 0. The fourth-order valence-electron chi connectivity index (χ4n) is 10.2. The average Bonchev–Trinajstić information content (AvgIpc) is 3.31. The third kappa shape index (κ3) is 29.8. The molecule has 0 bridgehead atoms. The van der Waals surface area contributed by atoms with Crippen molar-refractivity contribution in [2.75, 3.05) is 0 Å². The number of hydrogen-bond acceptors (Lipinski definition) is 16. The van der Waals surface area contributed by atoms with Crippen LogP contribution in [0.25, 0.3) is 0 Å². The summed E-state index contributed by atoms with van der Waals surface area (Å²) in [4.78, 5) is 95.3. The molecule has 0 aliphatic heterocycles. The molecular formula is C52H90N2Na4O20S2. The van der Waals surface area contributed by atoms with E-state index in [2.05, 4.69) is 13.8 Å². The van der Waals surface area contributed by atoms with E-state index in [9.17, 15) is 84.7 Å². The summed E-state index contributed by atoms with van der Waals surface area (Å²) in [5, 5.41) is 63.7. The summed E-state index contributed by atoms with van der Waals surface area (Å²) in [5.74, 6) is -13.4. The fraction of sp³-hybridized carbons (Fsp3) is 0.846. The Morgan fingerprint density at radius 2 is 0.525 bits per heavy atom. The van der Waals surface area contributed by atoms with Crippen molar-refractivity contribution in [2.24, 2.45) is 10.8 Å². The average molecular weight is 1220 g/mol. The Hall–Kier alpha value is -0.420. The van der Waals surface area contributed by atoms with Crippen molar-refractivity contribution >= 4 is 68.1 Å². The van der Waals surface area contributed by atoms with Gasteiger partial charge in [0.05, 0.1) is 11.9 Å². The molecule has 0 aliphatic carbocycles. The van der Waals surface area contributed by atoms with Gasteiger partial charge < -0.3 is 49.3 Å². The predicted octanol–water partition coefficient (Wildman–Crippen LogP) is -4.09. The number of amides is 4. The standard InChI is InChI=1S/2C26H47NO10S.4Na/c2*1-3-5-6-7-8-9-10-11-12-13-14-15-16-17-18-19-20-26(23(31)32,38(35,36)37)25(4-2,22(29)30)21(28)27-24(33)34;;;;/h2*3-20H2,1-2H3,(H,27,28)(H,29,30)(H,31,32)(H,33,34)(H,35,36,37);;;;/q;;4*+1/p-4. The van der Waals surface area contributed by atoms with Gasteiger partial charge in [-0.1, -0.05) is 233 Å². The molecule has 4 atom stereocenters. The maximum Gasteiger partial charge on any atom is 1.00 e. The number of aliphatic carboxylic acids is 4. The van der Waals surface area contributed by atoms with Crippen molar-refractivity contribution in [3.63, 3.8) is 0 Å². The van der Waals surface area contributed by atoms with Gasteiger partial charge in [-0.3, -0.25) is 29.8 Å². The molecule has 0 spiro atoms. The van der Waals surface area contributed by atoms with Gasteiger partial charge in [-0.25, -0.2) is 26.4 Å². The van der Waals surface area contributed by atoms with Crippen molar-refractivity contribution in [1.82, 2.24) is 10.6 Å². The largest absolute Gasteiger partial charge is 1.00 e. The normalized spacial score (nSPS) is 14.1. The van der Waals surface area contributed by atoms with Gasteiger partial charge in [0.15, 0.2) is 10.8 Å². The zero-order valence-corrected chi connectivity index (χ0v) is 59.2. The molecule has 22 nitrogen and oxygen atoms in total. The second-order valence-electron chi connectivity index (χ2n) is 19.9. The van der Waals surface area contributed by atoms with E-state index in [1.165, 1.54) is 113 Å². The third-order valence-corrected chi connectivity index (χ3v) is 17.8. The molecule has 4 unspecified atom stereocenters. The van der Waals surface area contributed by atoms with Gasteiger partial charge in [-0.15, -0.1) is 0 Å². The van der Waals surface area contributed by atoms with E-state index in [0.29, 0.717) is 25.7 Å². The molecular weight excluding hydrogens is 1130 g/mol. The zero-order valence-electron chi connectivity index (χ0n) is 49.6. The van der Waals surface area contributed by atoms with Gasteiger partial charge in [0.1, 0.15) is 29.7 Å². The van der Waals surface area contributed by atoms with Crippen LogP contribution in [0.15, 0.2) is 0 Å². The van der Waals surface area contributed by atoms with E-state index in [-0.39, 0.29) is 131 Å². The SMILES string of the molecule is CCCCCCCCCCCCCCCCCCC(C(=O)[O-])(C(CC)(C(=O)O)C(=O)NC(=O)O)S(=O)(=O)[O-].CCCCCCCCCCCCCCCCCCC(C(=O)[O-])(C(CC)(C(=O)O)C(=O)NC(=O)O)S(=O)(=O)[O-].[Na+].[Na+].[Na+].[Na+]. The van der Waals surface area contributed by atoms with Crippen molar-refractivity contribution in [1.29, 1.82) is 0 Å². The van der Waals surface area contributed by atoms with Crippen molar-refractivity contribution < 1.29 is 213 Å². The van der Waals surface area contributed by atoms with Gasteiger partial charge >= 0.3 is 142 Å². The summed E-state index contributed by atoms with van der Waals surface area (Å²) in [6.07, 6.45) is 23.9. The number of hydrogen-bond donors (Lipinski definition) is 6. The Labute approximate surface area is 564 Å². The van der Waals surface area contributed by atoms with Crippen LogP contribution in [0.2, 0.25) is 0 Å². The summed E-state index contributed by atoms with van der Waals surface area (Å²) in [5.41, 5.74) is -6.78. The molecule has 0 aromatic rings. The molecule has 28 heteroatoms. The number of carboxylic acid groups (broad SMARTS) is 6. The van der Waals surface area contributed by atoms with Crippen LogP contribution in [-0.2, 0) is 49.0 Å². The minimum atomic E-state index is -5.99. The monoisotopic (exact) mass is 1220 g/mol. The molecule has 0 aromatic carbocycles. The number of carbonyl (C=O) groups is 8. The Bertz CT molecular complexity index is 1880. The van der Waals surface area contributed by atoms with E-state index in [0.717, 1.165) is 78.1 Å². The quantitative estimate of drug-likeness (QED) is 0.0146. The minimum absolute atomic E-state index is 0. The third-order valence-electron chi connectivity index (χ3n) is 14.7. The molecule has 0 saturated heterocycles. The smallest absolute Gasteiger partial charge is 0.747 e. The summed E-state index contributed by atoms with van der Waals surface area (Å²) in [6, 6.07) is 0. The number of carbonyl (C=O) groups excluding carboxylic acids is 4. The van der Waals surface area contributed by atoms with E-state index in [1.807, 2.05) is 0 Å². The number of nitrogens with one attached hydrogen (secondary N) is 2. The first kappa shape index (κ1) is 90.8. The molecule has 0 fully saturated rings. The van der Waals surface area contributed by atoms with Crippen LogP contribution in [-0.4, -0.2) is 104 Å². The van der Waals surface area contributed by atoms with Crippen LogP contribution in [0.5, 0.6) is 0 Å². The topological polar surface area (TPSA) is 402 Å². The van der Waals surface area contributed by atoms with Gasteiger partial charge in [0, 0.05) is 0 Å². The maximum atomic E-state index is 12.6. The first-order chi connectivity index (χ1) is 35.7. The molecule has 6 N–H and O–H groups in total. The number of unbranched alkanes of at least 4 members (excludes halogenated alkanes) is 30. The molecule has 4 amide bonds. The minimum Gasteiger partial charge on any atom is -0.747 e. The van der Waals surface area contributed by atoms with E-state index < -0.39 is 114 Å². The molecule has 0 heterocycles. The first-order valence-corrected chi connectivity index (χ1v) is 30.4. The molecule has 444 valence electrons. The molecule has 80 heavy (non-hydrogen) atoms. The van der Waals surface area contributed by atoms with Gasteiger partial charge in [-0.05, 0) is 25.7 Å². The van der Waals surface area contributed by atoms with Crippen LogP contribution in [0.4, 0.5) is 9.59 Å². The Morgan fingerprint density at radius 3 is 0.650 bits per heavy atom. The van der Waals surface area contributed by atoms with Crippen LogP contribution in [0.3, 0.4) is 0 Å². The van der Waals surface area contributed by atoms with Crippen LogP contribution in [0.1, 0.15) is 259 Å². The van der Waals surface area contributed by atoms with E-state index in [4.69, 9.17) is 10.2 Å². The summed E-state index contributed by atoms with van der Waals surface area (Å²) < 4.78 is 65.9. The van der Waals surface area contributed by atoms with E-state index >= 15 is 0 Å². The van der Waals surface area contributed by atoms with Gasteiger partial charge in [0.2, 0.25) is 11.8 Å². The summed E-state index contributed by atoms with van der Waals surface area (Å²) in [6.45, 7) is 6.39. The second kappa shape index (κ2) is 49.7. The summed E-state index contributed by atoms with van der Waals surface area (Å²) in [7, 11) is -12.0. The molecule has 0 rings (SSSR count). The molecule has 0 aromatic heterocycles. The molecule has 0 radical (unpaired) electrons. The maximum absolute atomic E-state index is 12.6. The van der Waals surface area contributed by atoms with E-state index in [1.54, 1.807) is 0 Å². The molecule has 0 aliphatic rings. The fourth-order valence-corrected chi connectivity index (χ4v) is 12.9. The first-order valence-electron chi connectivity index (χ1n) is 27.6. The van der Waals surface area contributed by atoms with Crippen molar-refractivity contribution in [3.8, 4) is 0 Å². The Balaban J connectivity index is -0.000000326. The Kier molecular flexibility index (Phi) is 56.4. The van der Waals surface area contributed by atoms with Gasteiger partial charge in [0.25, 0.3) is 0 Å². The van der Waals surface area contributed by atoms with Crippen molar-refractivity contribution in [2.45, 2.75) is 268 Å². The van der Waals surface area contributed by atoms with Gasteiger partial charge in [-0.2, -0.15) is 0 Å². The number of imide groups is 2. The van der Waals surface area contributed by atoms with Crippen LogP contribution in [0, 0.1) is 10.8 Å². The van der Waals surface area contributed by atoms with Crippen LogP contribution < -0.4 is 139 Å². The number of carboxylic acids is 4. The number of rotatable bonds is 46. The second-order valence-corrected chi connectivity index (χ2v) is 23.1.